The first kappa shape index (κ1) is 11.9. The molecular weight excluding hydrogens is 241 g/mol. The van der Waals surface area contributed by atoms with Crippen LogP contribution in [0.5, 0.6) is 0 Å². The van der Waals surface area contributed by atoms with Crippen LogP contribution in [0.1, 0.15) is 5.69 Å². The number of hydrogen-bond acceptors (Lipinski definition) is 2. The van der Waals surface area contributed by atoms with E-state index in [2.05, 4.69) is 4.98 Å². The molecule has 0 radical (unpaired) electrons. The van der Waals surface area contributed by atoms with Crippen molar-refractivity contribution in [2.45, 2.75) is 6.42 Å². The molecule has 0 aliphatic heterocycles. The second kappa shape index (κ2) is 4.82. The molecule has 0 amide bonds. The number of fused-ring (bicyclic) bond motifs is 1. The van der Waals surface area contributed by atoms with Crippen LogP contribution in [-0.2, 0) is 6.42 Å². The molecule has 3 rings (SSSR count). The minimum absolute atomic E-state index is 0.259. The van der Waals surface area contributed by atoms with Gasteiger partial charge in [-0.2, -0.15) is 0 Å². The maximum Gasteiger partial charge on any atom is 0.144 e. The lowest BCUT2D eigenvalue weighted by molar-refractivity contribution is 0.628. The molecule has 0 saturated carbocycles. The van der Waals surface area contributed by atoms with E-state index < -0.39 is 0 Å². The summed E-state index contributed by atoms with van der Waals surface area (Å²) in [5.74, 6) is 0.490. The topological polar surface area (TPSA) is 43.3 Å². The maximum absolute atomic E-state index is 13.4. The number of imidazole rings is 1. The molecule has 4 heteroatoms. The first-order valence-corrected chi connectivity index (χ1v) is 6.21. The molecule has 2 N–H and O–H groups in total. The van der Waals surface area contributed by atoms with Gasteiger partial charge in [-0.25, -0.2) is 9.37 Å². The standard InChI is InChI=1S/C15H14FN3/c16-12-5-3-4-11(10-12)15-18-13(7-8-17)14-6-1-2-9-19(14)15/h1-6,9-10H,7-8,17H2. The summed E-state index contributed by atoms with van der Waals surface area (Å²) in [6.45, 7) is 0.546. The van der Waals surface area contributed by atoms with E-state index in [1.54, 1.807) is 6.07 Å². The van der Waals surface area contributed by atoms with Crippen LogP contribution in [0, 0.1) is 5.82 Å². The predicted molar refractivity (Wildman–Crippen MR) is 73.3 cm³/mol. The lowest BCUT2D eigenvalue weighted by atomic mass is 10.2. The van der Waals surface area contributed by atoms with E-state index in [0.29, 0.717) is 13.0 Å². The number of nitrogens with two attached hydrogens (primary N) is 1. The normalized spacial score (nSPS) is 11.1. The van der Waals surface area contributed by atoms with E-state index in [-0.39, 0.29) is 5.82 Å². The monoisotopic (exact) mass is 255 g/mol. The van der Waals surface area contributed by atoms with Crippen LogP contribution >= 0.6 is 0 Å². The molecule has 1 aromatic carbocycles. The van der Waals surface area contributed by atoms with E-state index in [9.17, 15) is 4.39 Å². The summed E-state index contributed by atoms with van der Waals surface area (Å²) in [5, 5.41) is 0. The summed E-state index contributed by atoms with van der Waals surface area (Å²) >= 11 is 0. The minimum atomic E-state index is -0.259. The van der Waals surface area contributed by atoms with Crippen molar-refractivity contribution in [1.29, 1.82) is 0 Å². The van der Waals surface area contributed by atoms with Gasteiger partial charge in [-0.1, -0.05) is 18.2 Å². The van der Waals surface area contributed by atoms with E-state index in [1.807, 2.05) is 34.9 Å². The lowest BCUT2D eigenvalue weighted by Gasteiger charge is -2.00. The first-order valence-electron chi connectivity index (χ1n) is 6.21. The van der Waals surface area contributed by atoms with Gasteiger partial charge in [0.1, 0.15) is 11.6 Å². The number of pyridine rings is 1. The molecule has 96 valence electrons. The molecule has 0 fully saturated rings. The molecule has 0 aliphatic rings. The molecule has 3 aromatic rings. The Kier molecular flexibility index (Phi) is 3.01. The van der Waals surface area contributed by atoms with Crippen molar-refractivity contribution in [3.63, 3.8) is 0 Å². The zero-order chi connectivity index (χ0) is 13.2. The summed E-state index contributed by atoms with van der Waals surface area (Å²) in [6, 6.07) is 12.4. The van der Waals surface area contributed by atoms with Gasteiger partial charge in [0.05, 0.1) is 11.2 Å². The van der Waals surface area contributed by atoms with Gasteiger partial charge in [-0.3, -0.25) is 4.40 Å². The van der Waals surface area contributed by atoms with Crippen LogP contribution in [0.15, 0.2) is 48.7 Å². The van der Waals surface area contributed by atoms with Crippen molar-refractivity contribution in [3.8, 4) is 11.4 Å². The van der Waals surface area contributed by atoms with Crippen molar-refractivity contribution in [1.82, 2.24) is 9.38 Å². The van der Waals surface area contributed by atoms with Crippen LogP contribution in [0.4, 0.5) is 4.39 Å². The zero-order valence-corrected chi connectivity index (χ0v) is 10.4. The Bertz CT molecular complexity index is 718. The summed E-state index contributed by atoms with van der Waals surface area (Å²) in [5.41, 5.74) is 8.35. The fourth-order valence-electron chi connectivity index (χ4n) is 2.25. The molecule has 0 spiro atoms. The highest BCUT2D eigenvalue weighted by molar-refractivity contribution is 5.65. The first-order chi connectivity index (χ1) is 9.29. The summed E-state index contributed by atoms with van der Waals surface area (Å²) in [7, 11) is 0. The largest absolute Gasteiger partial charge is 0.330 e. The SMILES string of the molecule is NCCc1nc(-c2cccc(F)c2)n2ccccc12. The molecule has 3 nitrogen and oxygen atoms in total. The van der Waals surface area contributed by atoms with Gasteiger partial charge in [0.15, 0.2) is 0 Å². The molecule has 2 heterocycles. The van der Waals surface area contributed by atoms with Gasteiger partial charge in [-0.05, 0) is 30.8 Å². The average Bonchev–Trinajstić information content (AvgIpc) is 2.79. The Morgan fingerprint density at radius 2 is 2.05 bits per heavy atom. The van der Waals surface area contributed by atoms with Crippen molar-refractivity contribution < 1.29 is 4.39 Å². The predicted octanol–water partition coefficient (Wildman–Crippen LogP) is 2.64. The number of hydrogen-bond donors (Lipinski definition) is 1. The quantitative estimate of drug-likeness (QED) is 0.781. The second-order valence-corrected chi connectivity index (χ2v) is 4.39. The number of rotatable bonds is 3. The Balaban J connectivity index is 2.23. The van der Waals surface area contributed by atoms with E-state index in [4.69, 9.17) is 5.73 Å². The number of benzene rings is 1. The van der Waals surface area contributed by atoms with Crippen LogP contribution in [0.25, 0.3) is 16.9 Å². The molecular formula is C15H14FN3. The van der Waals surface area contributed by atoms with Crippen molar-refractivity contribution in [2.75, 3.05) is 6.54 Å². The summed E-state index contributed by atoms with van der Waals surface area (Å²) < 4.78 is 15.3. The highest BCUT2D eigenvalue weighted by atomic mass is 19.1. The molecule has 19 heavy (non-hydrogen) atoms. The van der Waals surface area contributed by atoms with Gasteiger partial charge >= 0.3 is 0 Å². The third-order valence-corrected chi connectivity index (χ3v) is 3.09. The van der Waals surface area contributed by atoms with Gasteiger partial charge in [-0.15, -0.1) is 0 Å². The summed E-state index contributed by atoms with van der Waals surface area (Å²) in [4.78, 5) is 4.61. The fourth-order valence-corrected chi connectivity index (χ4v) is 2.25. The molecule has 0 bridgehead atoms. The van der Waals surface area contributed by atoms with Gasteiger partial charge in [0, 0.05) is 18.2 Å². The van der Waals surface area contributed by atoms with E-state index in [1.165, 1.54) is 12.1 Å². The zero-order valence-electron chi connectivity index (χ0n) is 10.4. The van der Waals surface area contributed by atoms with Crippen molar-refractivity contribution in [3.05, 3.63) is 60.2 Å². The highest BCUT2D eigenvalue weighted by Crippen LogP contribution is 2.23. The second-order valence-electron chi connectivity index (χ2n) is 4.39. The smallest absolute Gasteiger partial charge is 0.144 e. The molecule has 0 aliphatic carbocycles. The van der Waals surface area contributed by atoms with Crippen LogP contribution in [0.2, 0.25) is 0 Å². The molecule has 0 atom stereocenters. The van der Waals surface area contributed by atoms with E-state index in [0.717, 1.165) is 22.6 Å². The van der Waals surface area contributed by atoms with Crippen molar-refractivity contribution in [2.24, 2.45) is 5.73 Å². The number of halogens is 1. The van der Waals surface area contributed by atoms with Gasteiger partial charge < -0.3 is 5.73 Å². The van der Waals surface area contributed by atoms with E-state index >= 15 is 0 Å². The van der Waals surface area contributed by atoms with Crippen LogP contribution in [-0.4, -0.2) is 15.9 Å². The van der Waals surface area contributed by atoms with Crippen LogP contribution in [0.3, 0.4) is 0 Å². The summed E-state index contributed by atoms with van der Waals surface area (Å²) in [6.07, 6.45) is 2.64. The van der Waals surface area contributed by atoms with Crippen LogP contribution < -0.4 is 5.73 Å². The molecule has 2 aromatic heterocycles. The van der Waals surface area contributed by atoms with Gasteiger partial charge in [0.2, 0.25) is 0 Å². The number of nitrogens with zero attached hydrogens (tertiary/aromatic N) is 2. The Hall–Kier alpha value is -2.20. The average molecular weight is 255 g/mol. The third kappa shape index (κ3) is 2.11. The Morgan fingerprint density at radius 1 is 1.16 bits per heavy atom. The van der Waals surface area contributed by atoms with Crippen molar-refractivity contribution >= 4 is 5.52 Å². The van der Waals surface area contributed by atoms with Gasteiger partial charge in [0.25, 0.3) is 0 Å². The number of aromatic nitrogens is 2. The minimum Gasteiger partial charge on any atom is -0.330 e. The Morgan fingerprint density at radius 3 is 2.84 bits per heavy atom. The third-order valence-electron chi connectivity index (χ3n) is 3.09. The maximum atomic E-state index is 13.4. The Labute approximate surface area is 110 Å². The highest BCUT2D eigenvalue weighted by Gasteiger charge is 2.11. The fraction of sp³-hybridized carbons (Fsp3) is 0.133. The molecule has 0 unspecified atom stereocenters. The lowest BCUT2D eigenvalue weighted by Crippen LogP contribution is -2.03. The molecule has 0 saturated heterocycles.